The number of hydrogen-bond donors (Lipinski definition) is 13. The number of urea groups is 1. The summed E-state index contributed by atoms with van der Waals surface area (Å²) in [7, 11) is 0. The molecule has 0 aromatic carbocycles. The summed E-state index contributed by atoms with van der Waals surface area (Å²) in [5, 5.41) is 113. The topological polar surface area (TPSA) is 341 Å². The van der Waals surface area contributed by atoms with E-state index in [2.05, 4.69) is 5.32 Å². The van der Waals surface area contributed by atoms with Crippen LogP contribution in [0.3, 0.4) is 0 Å². The van der Waals surface area contributed by atoms with Gasteiger partial charge >= 0.3 is 12.0 Å². The van der Waals surface area contributed by atoms with Crippen molar-refractivity contribution in [2.75, 3.05) is 13.1 Å². The van der Waals surface area contributed by atoms with Crippen LogP contribution in [0.25, 0.3) is 0 Å². The van der Waals surface area contributed by atoms with Gasteiger partial charge in [0, 0.05) is 56.7 Å². The molecule has 4 aliphatic rings. The third-order valence-corrected chi connectivity index (χ3v) is 13.5. The summed E-state index contributed by atoms with van der Waals surface area (Å²) in [6, 6.07) is -3.05. The van der Waals surface area contributed by atoms with Gasteiger partial charge in [-0.05, 0) is 39.5 Å². The number of amides is 2. The summed E-state index contributed by atoms with van der Waals surface area (Å²) in [5.74, 6) is -3.70. The summed E-state index contributed by atoms with van der Waals surface area (Å²) >= 11 is 0. The number of aliphatic hydroxyl groups is 10. The summed E-state index contributed by atoms with van der Waals surface area (Å²) in [6.45, 7) is 7.44. The molecule has 20 nitrogen and oxygen atoms in total. The zero-order valence-electron chi connectivity index (χ0n) is 41.4. The number of cyclic esters (lactones) is 1. The van der Waals surface area contributed by atoms with Crippen molar-refractivity contribution >= 4 is 12.0 Å². The Morgan fingerprint density at radius 2 is 1.30 bits per heavy atom. The van der Waals surface area contributed by atoms with E-state index in [-0.39, 0.29) is 44.2 Å². The number of hydrogen-bond acceptors (Lipinski definition) is 18. The average Bonchev–Trinajstić information content (AvgIpc) is 3.75. The van der Waals surface area contributed by atoms with Crippen molar-refractivity contribution in [3.8, 4) is 0 Å². The molecule has 2 bridgehead atoms. The van der Waals surface area contributed by atoms with Gasteiger partial charge in [0.05, 0.1) is 85.6 Å². The van der Waals surface area contributed by atoms with E-state index in [1.54, 1.807) is 63.3 Å². The number of nitrogens with two attached hydrogens (primary N) is 2. The van der Waals surface area contributed by atoms with Crippen molar-refractivity contribution in [1.82, 2.24) is 10.2 Å². The largest absolute Gasteiger partial charge is 0.462 e. The van der Waals surface area contributed by atoms with E-state index < -0.39 is 147 Å². The number of likely N-dealkylation sites (tertiary alicyclic amines) is 1. The highest BCUT2D eigenvalue weighted by Gasteiger charge is 2.49. The summed E-state index contributed by atoms with van der Waals surface area (Å²) < 4.78 is 23.8. The minimum Gasteiger partial charge on any atom is -0.462 e. The quantitative estimate of drug-likeness (QED) is 0.167. The smallest absolute Gasteiger partial charge is 0.317 e. The number of nitrogens with one attached hydrogen (secondary N) is 1. The predicted octanol–water partition coefficient (Wildman–Crippen LogP) is 0.122. The molecule has 0 radical (unpaired) electrons. The van der Waals surface area contributed by atoms with Gasteiger partial charge in [-0.2, -0.15) is 0 Å². The highest BCUT2D eigenvalue weighted by atomic mass is 16.7. The number of esters is 1. The second kappa shape index (κ2) is 29.3. The van der Waals surface area contributed by atoms with Gasteiger partial charge in [0.15, 0.2) is 12.1 Å². The number of nitrogens with zero attached hydrogens (tertiary/aromatic N) is 1. The van der Waals surface area contributed by atoms with E-state index in [4.69, 9.17) is 30.4 Å². The zero-order valence-corrected chi connectivity index (χ0v) is 41.4. The van der Waals surface area contributed by atoms with Gasteiger partial charge in [-0.15, -0.1) is 0 Å². The van der Waals surface area contributed by atoms with Crippen molar-refractivity contribution in [3.63, 3.8) is 0 Å². The Labute approximate surface area is 417 Å². The Bertz CT molecular complexity index is 1850. The number of fused-ring (bicyclic) bond motifs is 2. The fraction of sp³-hybridized carbons (Fsp3) is 0.686. The highest BCUT2D eigenvalue weighted by Crippen LogP contribution is 2.35. The monoisotopic (exact) mass is 1010 g/mol. The molecule has 4 aliphatic heterocycles. The molecule has 20 heteroatoms. The number of allylic oxidation sites excluding steroid dienone is 12. The van der Waals surface area contributed by atoms with E-state index in [0.717, 1.165) is 0 Å². The number of carbonyl (C=O) groups excluding carboxylic acids is 2. The Kier molecular flexibility index (Phi) is 24.7. The Hall–Kier alpha value is -3.68. The average molecular weight is 1010 g/mol. The number of carbonyl (C=O) groups is 2. The molecular weight excluding hydrogens is 925 g/mol. The molecule has 0 saturated carbocycles. The molecule has 0 aromatic heterocycles. The molecule has 71 heavy (non-hydrogen) atoms. The minimum absolute atomic E-state index is 0.0933. The predicted molar refractivity (Wildman–Crippen MR) is 262 cm³/mol. The number of aliphatic hydroxyl groups excluding tert-OH is 9. The van der Waals surface area contributed by atoms with Crippen LogP contribution in [0.4, 0.5) is 4.79 Å². The van der Waals surface area contributed by atoms with Crippen molar-refractivity contribution in [3.05, 3.63) is 85.1 Å². The second-order valence-electron chi connectivity index (χ2n) is 19.7. The first-order valence-corrected chi connectivity index (χ1v) is 24.9. The molecular formula is C51H82N4O16. The second-order valence-corrected chi connectivity index (χ2v) is 19.7. The van der Waals surface area contributed by atoms with Crippen LogP contribution in [0.2, 0.25) is 0 Å². The number of ether oxygens (including phenoxy) is 4. The molecule has 4 heterocycles. The standard InChI is InChI=1S/C51H82N4O16/c1-30-17-15-13-11-9-7-5-6-8-10-12-14-16-18-38(70-49-48(65)44(53)47(64)33(4)69-49)26-42-45(54-50(66)55-22-21-34(52)29-55)41(61)28-51(67,71-42)27-37(58)24-40(60)39(59)20-19-35(56)23-36(57)25-43(62)68-32(3)31(2)46(30)63/h5-18,30-42,44-49,56-61,63-65,67H,19-29,52-53H2,1-4H3,(H,54,66)/b6-5+,9-7+,10-8+,13-11+,14-12+,17-15+,18-16+/t30-,31-,32-,33+,34+,35?,36?,37?,38?,39?,40?,41-,42-,44-,45?,46?,47+,48-,49?,51?/m0/s1. The minimum atomic E-state index is -2.25. The lowest BCUT2D eigenvalue weighted by molar-refractivity contribution is -0.303. The van der Waals surface area contributed by atoms with Crippen molar-refractivity contribution in [2.24, 2.45) is 23.3 Å². The lowest BCUT2D eigenvalue weighted by Crippen LogP contribution is -2.64. The molecule has 20 atom stereocenters. The van der Waals surface area contributed by atoms with E-state index in [0.29, 0.717) is 13.0 Å². The van der Waals surface area contributed by atoms with Gasteiger partial charge in [0.25, 0.3) is 0 Å². The molecule has 10 unspecified atom stereocenters. The molecule has 15 N–H and O–H groups in total. The molecule has 0 aromatic rings. The van der Waals surface area contributed by atoms with Crippen LogP contribution < -0.4 is 16.8 Å². The van der Waals surface area contributed by atoms with Crippen LogP contribution >= 0.6 is 0 Å². The van der Waals surface area contributed by atoms with Crippen LogP contribution in [-0.2, 0) is 23.7 Å². The molecule has 402 valence electrons. The Balaban J connectivity index is 1.60. The van der Waals surface area contributed by atoms with Crippen molar-refractivity contribution < 1.29 is 79.6 Å². The van der Waals surface area contributed by atoms with Crippen LogP contribution in [0.1, 0.15) is 85.5 Å². The van der Waals surface area contributed by atoms with E-state index in [1.165, 1.54) is 4.90 Å². The lowest BCUT2D eigenvalue weighted by Gasteiger charge is -2.47. The molecule has 3 fully saturated rings. The van der Waals surface area contributed by atoms with Crippen molar-refractivity contribution in [2.45, 2.75) is 195 Å². The first kappa shape index (κ1) is 59.9. The summed E-state index contributed by atoms with van der Waals surface area (Å²) in [4.78, 5) is 27.7. The Morgan fingerprint density at radius 3 is 1.90 bits per heavy atom. The van der Waals surface area contributed by atoms with Gasteiger partial charge < -0.3 is 91.7 Å². The maximum atomic E-state index is 13.5. The third kappa shape index (κ3) is 19.6. The third-order valence-electron chi connectivity index (χ3n) is 13.5. The first-order valence-electron chi connectivity index (χ1n) is 24.9. The van der Waals surface area contributed by atoms with Gasteiger partial charge in [-0.3, -0.25) is 4.79 Å². The maximum absolute atomic E-state index is 13.5. The molecule has 4 rings (SSSR count). The molecule has 0 spiro atoms. The van der Waals surface area contributed by atoms with Crippen LogP contribution in [0.15, 0.2) is 85.1 Å². The SMILES string of the molecule is C[C@@H]1OC(=O)CC(O)CC(O)CCC(O)C(O)CC(O)CC2(O)C[C@H](O)C(NC(=O)N3CC[C@@H](N)C3)[C@H](CC(OC3O[C@H](C)[C@@H](O)[C@H](N)[C@@H]3O)/C=C/C=C/C=C/C=C/C=C/C=C/C=C/[C@H](C)C(O)[C@H]1C)O2. The van der Waals surface area contributed by atoms with Gasteiger partial charge in [-0.25, -0.2) is 4.79 Å². The molecule has 2 amide bonds. The van der Waals surface area contributed by atoms with Crippen molar-refractivity contribution in [1.29, 1.82) is 0 Å². The fourth-order valence-corrected chi connectivity index (χ4v) is 9.04. The Morgan fingerprint density at radius 1 is 0.690 bits per heavy atom. The zero-order chi connectivity index (χ0) is 52.4. The van der Waals surface area contributed by atoms with Gasteiger partial charge in [0.1, 0.15) is 12.2 Å². The van der Waals surface area contributed by atoms with Crippen LogP contribution in [0.5, 0.6) is 0 Å². The van der Waals surface area contributed by atoms with E-state index >= 15 is 0 Å². The lowest BCUT2D eigenvalue weighted by atomic mass is 9.87. The number of rotatable bonds is 3. The van der Waals surface area contributed by atoms with Gasteiger partial charge in [-0.1, -0.05) is 98.9 Å². The maximum Gasteiger partial charge on any atom is 0.317 e. The molecule has 0 aliphatic carbocycles. The van der Waals surface area contributed by atoms with E-state index in [9.17, 15) is 60.7 Å². The van der Waals surface area contributed by atoms with E-state index in [1.807, 2.05) is 49.5 Å². The summed E-state index contributed by atoms with van der Waals surface area (Å²) in [6.07, 6.45) is 5.66. The van der Waals surface area contributed by atoms with Gasteiger partial charge in [0.2, 0.25) is 0 Å². The molecule has 3 saturated heterocycles. The van der Waals surface area contributed by atoms with Crippen LogP contribution in [0, 0.1) is 11.8 Å². The summed E-state index contributed by atoms with van der Waals surface area (Å²) in [5.41, 5.74) is 12.2. The highest BCUT2D eigenvalue weighted by molar-refractivity contribution is 5.75. The first-order chi connectivity index (χ1) is 33.6. The van der Waals surface area contributed by atoms with Crippen LogP contribution in [-0.4, -0.2) is 191 Å². The fourth-order valence-electron chi connectivity index (χ4n) is 9.04. The normalized spacial score (nSPS) is 44.8.